The fraction of sp³-hybridized carbons (Fsp3) is 0.0833. The second-order valence-electron chi connectivity index (χ2n) is 7.50. The number of aromatic nitrogens is 2. The molecule has 0 amide bonds. The molecule has 33 heavy (non-hydrogen) atoms. The fourth-order valence-corrected chi connectivity index (χ4v) is 5.05. The van der Waals surface area contributed by atoms with Gasteiger partial charge in [0.1, 0.15) is 17.9 Å². The first-order valence-electron chi connectivity index (χ1n) is 9.93. The summed E-state index contributed by atoms with van der Waals surface area (Å²) in [5, 5.41) is 8.79. The summed E-state index contributed by atoms with van der Waals surface area (Å²) in [7, 11) is 0. The molecular weight excluding hydrogens is 505 g/mol. The third kappa shape index (κ3) is 4.22. The summed E-state index contributed by atoms with van der Waals surface area (Å²) in [6.07, 6.45) is 5.27. The van der Waals surface area contributed by atoms with Crippen molar-refractivity contribution in [1.82, 2.24) is 9.55 Å². The second-order valence-corrected chi connectivity index (χ2v) is 9.18. The van der Waals surface area contributed by atoms with Gasteiger partial charge in [0.05, 0.1) is 22.7 Å². The second kappa shape index (κ2) is 8.99. The molecule has 0 radical (unpaired) electrons. The largest absolute Gasteiger partial charge is 0.326 e. The average molecular weight is 520 g/mol. The molecule has 2 heterocycles. The van der Waals surface area contributed by atoms with Crippen LogP contribution in [-0.2, 0) is 0 Å². The van der Waals surface area contributed by atoms with Crippen molar-refractivity contribution in [3.8, 4) is 0 Å². The third-order valence-electron chi connectivity index (χ3n) is 5.48. The maximum Gasteiger partial charge on any atom is 0.123 e. The van der Waals surface area contributed by atoms with Gasteiger partial charge in [-0.05, 0) is 54.1 Å². The highest BCUT2D eigenvalue weighted by molar-refractivity contribution is 6.37. The van der Waals surface area contributed by atoms with Gasteiger partial charge in [0.25, 0.3) is 0 Å². The van der Waals surface area contributed by atoms with E-state index in [1.54, 1.807) is 48.9 Å². The summed E-state index contributed by atoms with van der Waals surface area (Å²) in [5.74, 6) is -0.338. The number of hydrazone groups is 1. The van der Waals surface area contributed by atoms with Gasteiger partial charge in [0.2, 0.25) is 0 Å². The van der Waals surface area contributed by atoms with Crippen LogP contribution >= 0.6 is 46.4 Å². The molecule has 0 unspecified atom stereocenters. The Labute approximate surface area is 209 Å². The fourth-order valence-electron chi connectivity index (χ4n) is 4.02. The van der Waals surface area contributed by atoms with Crippen LogP contribution in [-0.4, -0.2) is 15.3 Å². The van der Waals surface area contributed by atoms with E-state index in [1.807, 2.05) is 27.9 Å². The number of imidazole rings is 1. The maximum absolute atomic E-state index is 13.7. The monoisotopic (exact) mass is 518 g/mol. The lowest BCUT2D eigenvalue weighted by molar-refractivity contribution is 0.527. The molecule has 5 rings (SSSR count). The van der Waals surface area contributed by atoms with Gasteiger partial charge in [0.15, 0.2) is 0 Å². The van der Waals surface area contributed by atoms with Crippen LogP contribution in [0.1, 0.15) is 23.2 Å². The molecule has 0 aliphatic carbocycles. The quantitative estimate of drug-likeness (QED) is 0.275. The number of halogens is 5. The van der Waals surface area contributed by atoms with Crippen molar-refractivity contribution in [3.05, 3.63) is 116 Å². The summed E-state index contributed by atoms with van der Waals surface area (Å²) in [5.41, 5.74) is 2.90. The molecule has 0 fully saturated rings. The van der Waals surface area contributed by atoms with Gasteiger partial charge in [-0.25, -0.2) is 9.37 Å². The molecule has 0 bridgehead atoms. The van der Waals surface area contributed by atoms with E-state index in [0.717, 1.165) is 11.1 Å². The van der Waals surface area contributed by atoms with E-state index in [4.69, 9.17) is 51.5 Å². The minimum Gasteiger partial charge on any atom is -0.326 e. The normalized spacial score (nSPS) is 18.0. The molecule has 1 aromatic heterocycles. The Kier molecular flexibility index (Phi) is 6.06. The number of rotatable bonds is 4. The number of hydrogen-bond acceptors (Lipinski definition) is 3. The first-order chi connectivity index (χ1) is 15.9. The summed E-state index contributed by atoms with van der Waals surface area (Å²) in [6.45, 7) is 0. The first kappa shape index (κ1) is 22.2. The van der Waals surface area contributed by atoms with E-state index in [-0.39, 0.29) is 11.9 Å². The Bertz CT molecular complexity index is 1340. The summed E-state index contributed by atoms with van der Waals surface area (Å²) >= 11 is 25.6. The van der Waals surface area contributed by atoms with Crippen molar-refractivity contribution < 1.29 is 4.39 Å². The number of benzene rings is 3. The maximum atomic E-state index is 13.7. The molecule has 4 nitrogen and oxygen atoms in total. The minimum absolute atomic E-state index is 0.338. The lowest BCUT2D eigenvalue weighted by atomic mass is 9.92. The molecule has 0 spiro atoms. The number of nitrogens with zero attached hydrogens (tertiary/aromatic N) is 4. The van der Waals surface area contributed by atoms with Gasteiger partial charge in [-0.2, -0.15) is 5.10 Å². The summed E-state index contributed by atoms with van der Waals surface area (Å²) in [6, 6.07) is 16.0. The van der Waals surface area contributed by atoms with Gasteiger partial charge in [-0.15, -0.1) is 0 Å². The molecule has 4 aromatic rings. The minimum atomic E-state index is -0.392. The zero-order chi connectivity index (χ0) is 23.1. The average Bonchev–Trinajstić information content (AvgIpc) is 3.42. The van der Waals surface area contributed by atoms with Crippen molar-refractivity contribution in [3.63, 3.8) is 0 Å². The smallest absolute Gasteiger partial charge is 0.123 e. The molecule has 0 saturated carbocycles. The van der Waals surface area contributed by atoms with Crippen LogP contribution in [0.15, 0.2) is 84.5 Å². The van der Waals surface area contributed by atoms with Gasteiger partial charge in [-0.3, -0.25) is 5.01 Å². The van der Waals surface area contributed by atoms with E-state index in [0.29, 0.717) is 31.5 Å². The van der Waals surface area contributed by atoms with Crippen molar-refractivity contribution >= 4 is 57.8 Å². The standard InChI is InChI=1S/C24H15Cl4FN4/c25-14-1-7-18(20(27)11-14)22-24(32-10-9-30-13-32)23(19-8-2-15(26)12-21(19)28)33(31-22)17-5-3-16(29)4-6-17/h1-13,23-24H/t23-,24+/m0/s1. The Morgan fingerprint density at radius 2 is 1.48 bits per heavy atom. The Morgan fingerprint density at radius 3 is 2.12 bits per heavy atom. The van der Waals surface area contributed by atoms with Crippen LogP contribution in [0.3, 0.4) is 0 Å². The molecule has 166 valence electrons. The van der Waals surface area contributed by atoms with Crippen LogP contribution in [0.25, 0.3) is 0 Å². The van der Waals surface area contributed by atoms with E-state index >= 15 is 0 Å². The molecule has 0 saturated heterocycles. The van der Waals surface area contributed by atoms with Crippen LogP contribution < -0.4 is 5.01 Å². The van der Waals surface area contributed by atoms with E-state index in [2.05, 4.69) is 4.98 Å². The zero-order valence-electron chi connectivity index (χ0n) is 16.8. The zero-order valence-corrected chi connectivity index (χ0v) is 19.9. The number of anilines is 1. The lowest BCUT2D eigenvalue weighted by Crippen LogP contribution is -2.28. The third-order valence-corrected chi connectivity index (χ3v) is 6.59. The predicted molar refractivity (Wildman–Crippen MR) is 132 cm³/mol. The SMILES string of the molecule is Fc1ccc(N2N=C(c3ccc(Cl)cc3Cl)[C@@H](n3ccnc3)[C@@H]2c2ccc(Cl)cc2Cl)cc1. The summed E-state index contributed by atoms with van der Waals surface area (Å²) < 4.78 is 15.6. The van der Waals surface area contributed by atoms with E-state index < -0.39 is 6.04 Å². The topological polar surface area (TPSA) is 33.4 Å². The van der Waals surface area contributed by atoms with Crippen LogP contribution in [0.4, 0.5) is 10.1 Å². The van der Waals surface area contributed by atoms with E-state index in [9.17, 15) is 4.39 Å². The van der Waals surface area contributed by atoms with Crippen molar-refractivity contribution in [2.75, 3.05) is 5.01 Å². The van der Waals surface area contributed by atoms with E-state index in [1.165, 1.54) is 12.1 Å². The lowest BCUT2D eigenvalue weighted by Gasteiger charge is -2.30. The van der Waals surface area contributed by atoms with Gasteiger partial charge in [0, 0.05) is 33.0 Å². The Morgan fingerprint density at radius 1 is 0.788 bits per heavy atom. The highest BCUT2D eigenvalue weighted by Gasteiger charge is 2.42. The summed E-state index contributed by atoms with van der Waals surface area (Å²) in [4.78, 5) is 4.24. The van der Waals surface area contributed by atoms with Crippen molar-refractivity contribution in [1.29, 1.82) is 0 Å². The predicted octanol–water partition coefficient (Wildman–Crippen LogP) is 7.84. The van der Waals surface area contributed by atoms with Crippen LogP contribution in [0.2, 0.25) is 20.1 Å². The Hall–Kier alpha value is -2.57. The van der Waals surface area contributed by atoms with Crippen molar-refractivity contribution in [2.24, 2.45) is 5.10 Å². The van der Waals surface area contributed by atoms with Crippen LogP contribution in [0, 0.1) is 5.82 Å². The Balaban J connectivity index is 1.75. The molecule has 3 aromatic carbocycles. The van der Waals surface area contributed by atoms with Gasteiger partial charge < -0.3 is 4.57 Å². The molecule has 1 aliphatic heterocycles. The van der Waals surface area contributed by atoms with Gasteiger partial charge in [-0.1, -0.05) is 58.5 Å². The molecule has 2 atom stereocenters. The van der Waals surface area contributed by atoms with Crippen LogP contribution in [0.5, 0.6) is 0 Å². The molecular formula is C24H15Cl4FN4. The molecule has 9 heteroatoms. The highest BCUT2D eigenvalue weighted by Crippen LogP contribution is 2.46. The first-order valence-corrected chi connectivity index (χ1v) is 11.4. The molecule has 1 aliphatic rings. The van der Waals surface area contributed by atoms with Gasteiger partial charge >= 0.3 is 0 Å². The van der Waals surface area contributed by atoms with Crippen molar-refractivity contribution in [2.45, 2.75) is 12.1 Å². The molecule has 0 N–H and O–H groups in total. The number of hydrogen-bond donors (Lipinski definition) is 0. The highest BCUT2D eigenvalue weighted by atomic mass is 35.5.